The zero-order valence-electron chi connectivity index (χ0n) is 10.2. The van der Waals surface area contributed by atoms with Crippen LogP contribution in [0.1, 0.15) is 26.3 Å². The second kappa shape index (κ2) is 5.94. The fourth-order valence-electron chi connectivity index (χ4n) is 1.73. The maximum atomic E-state index is 5.69. The van der Waals surface area contributed by atoms with E-state index in [9.17, 15) is 0 Å². The summed E-state index contributed by atoms with van der Waals surface area (Å²) in [5.74, 6) is 5.59. The molecule has 16 heavy (non-hydrogen) atoms. The van der Waals surface area contributed by atoms with E-state index in [4.69, 9.17) is 10.6 Å². The molecule has 0 spiro atoms. The van der Waals surface area contributed by atoms with Crippen LogP contribution in [0, 0.1) is 0 Å². The number of aromatic nitrogens is 1. The monoisotopic (exact) mass is 223 g/mol. The first kappa shape index (κ1) is 13.1. The van der Waals surface area contributed by atoms with E-state index < -0.39 is 0 Å². The van der Waals surface area contributed by atoms with Crippen LogP contribution in [0.4, 0.5) is 0 Å². The van der Waals surface area contributed by atoms with E-state index >= 15 is 0 Å². The third-order valence-electron chi connectivity index (χ3n) is 2.72. The van der Waals surface area contributed by atoms with Crippen molar-refractivity contribution in [3.8, 4) is 0 Å². The van der Waals surface area contributed by atoms with Gasteiger partial charge in [0, 0.05) is 19.0 Å². The zero-order chi connectivity index (χ0) is 12.0. The lowest BCUT2D eigenvalue weighted by Crippen LogP contribution is -2.52. The van der Waals surface area contributed by atoms with Crippen molar-refractivity contribution in [3.63, 3.8) is 0 Å². The Bertz CT molecular complexity index is 300. The van der Waals surface area contributed by atoms with Gasteiger partial charge in [0.2, 0.25) is 0 Å². The van der Waals surface area contributed by atoms with Crippen molar-refractivity contribution in [3.05, 3.63) is 30.1 Å². The number of nitrogens with two attached hydrogens (primary N) is 1. The summed E-state index contributed by atoms with van der Waals surface area (Å²) < 4.78 is 5.69. The molecule has 4 nitrogen and oxygen atoms in total. The Morgan fingerprint density at radius 1 is 1.56 bits per heavy atom. The lowest BCUT2D eigenvalue weighted by atomic mass is 9.93. The SMILES string of the molecule is CCOC(C)(C)C(Cc1cccnc1)NN. The molecular weight excluding hydrogens is 202 g/mol. The molecule has 0 radical (unpaired) electrons. The molecule has 1 atom stereocenters. The summed E-state index contributed by atoms with van der Waals surface area (Å²) in [6, 6.07) is 4.03. The number of hydrogen-bond donors (Lipinski definition) is 2. The summed E-state index contributed by atoms with van der Waals surface area (Å²) in [5.41, 5.74) is 3.68. The van der Waals surface area contributed by atoms with Crippen molar-refractivity contribution >= 4 is 0 Å². The fourth-order valence-corrected chi connectivity index (χ4v) is 1.73. The van der Waals surface area contributed by atoms with Crippen molar-refractivity contribution in [2.75, 3.05) is 6.61 Å². The molecule has 0 amide bonds. The molecule has 0 aliphatic carbocycles. The number of nitrogens with zero attached hydrogens (tertiary/aromatic N) is 1. The van der Waals surface area contributed by atoms with Gasteiger partial charge in [-0.15, -0.1) is 0 Å². The zero-order valence-corrected chi connectivity index (χ0v) is 10.2. The van der Waals surface area contributed by atoms with Crippen molar-refractivity contribution < 1.29 is 4.74 Å². The Hall–Kier alpha value is -0.970. The molecule has 0 fully saturated rings. The van der Waals surface area contributed by atoms with Gasteiger partial charge in [0.05, 0.1) is 11.6 Å². The highest BCUT2D eigenvalue weighted by Gasteiger charge is 2.29. The average Bonchev–Trinajstić information content (AvgIpc) is 2.27. The average molecular weight is 223 g/mol. The normalized spacial score (nSPS) is 13.8. The predicted molar refractivity (Wildman–Crippen MR) is 64.8 cm³/mol. The van der Waals surface area contributed by atoms with Crippen molar-refractivity contribution in [2.45, 2.75) is 38.8 Å². The van der Waals surface area contributed by atoms with Gasteiger partial charge in [0.15, 0.2) is 0 Å². The highest BCUT2D eigenvalue weighted by atomic mass is 16.5. The number of ether oxygens (including phenoxy) is 1. The lowest BCUT2D eigenvalue weighted by Gasteiger charge is -2.33. The van der Waals surface area contributed by atoms with Crippen LogP contribution in [0.3, 0.4) is 0 Å². The summed E-state index contributed by atoms with van der Waals surface area (Å²) in [4.78, 5) is 4.09. The van der Waals surface area contributed by atoms with Gasteiger partial charge in [-0.05, 0) is 38.8 Å². The smallest absolute Gasteiger partial charge is 0.0795 e. The Kier molecular flexibility index (Phi) is 4.86. The molecule has 4 heteroatoms. The van der Waals surface area contributed by atoms with Gasteiger partial charge in [-0.2, -0.15) is 0 Å². The summed E-state index contributed by atoms with van der Waals surface area (Å²) in [7, 11) is 0. The topological polar surface area (TPSA) is 60.2 Å². The molecule has 0 aromatic carbocycles. The summed E-state index contributed by atoms with van der Waals surface area (Å²) in [6.07, 6.45) is 4.42. The minimum absolute atomic E-state index is 0.0663. The Balaban J connectivity index is 2.69. The molecular formula is C12H21N3O. The van der Waals surface area contributed by atoms with Gasteiger partial charge in [-0.3, -0.25) is 16.3 Å². The standard InChI is InChI=1S/C12H21N3O/c1-4-16-12(2,3)11(15-13)8-10-6-5-7-14-9-10/h5-7,9,11,15H,4,8,13H2,1-3H3. The highest BCUT2D eigenvalue weighted by molar-refractivity contribution is 5.11. The molecule has 1 heterocycles. The summed E-state index contributed by atoms with van der Waals surface area (Å²) in [5, 5.41) is 0. The number of hydrazine groups is 1. The van der Waals surface area contributed by atoms with Crippen LogP contribution in [0.5, 0.6) is 0 Å². The molecule has 0 aliphatic rings. The van der Waals surface area contributed by atoms with E-state index in [-0.39, 0.29) is 11.6 Å². The van der Waals surface area contributed by atoms with Gasteiger partial charge in [0.1, 0.15) is 0 Å². The molecule has 0 bridgehead atoms. The molecule has 1 rings (SSSR count). The second-order valence-corrected chi connectivity index (χ2v) is 4.32. The van der Waals surface area contributed by atoms with E-state index in [2.05, 4.69) is 10.4 Å². The van der Waals surface area contributed by atoms with E-state index in [1.54, 1.807) is 6.20 Å². The second-order valence-electron chi connectivity index (χ2n) is 4.32. The lowest BCUT2D eigenvalue weighted by molar-refractivity contribution is -0.0381. The summed E-state index contributed by atoms with van der Waals surface area (Å²) in [6.45, 7) is 6.74. The van der Waals surface area contributed by atoms with Crippen molar-refractivity contribution in [2.24, 2.45) is 5.84 Å². The maximum Gasteiger partial charge on any atom is 0.0795 e. The van der Waals surface area contributed by atoms with E-state index in [1.807, 2.05) is 39.1 Å². The highest BCUT2D eigenvalue weighted by Crippen LogP contribution is 2.18. The van der Waals surface area contributed by atoms with E-state index in [0.29, 0.717) is 6.61 Å². The quantitative estimate of drug-likeness (QED) is 0.563. The van der Waals surface area contributed by atoms with Crippen LogP contribution in [0.15, 0.2) is 24.5 Å². The van der Waals surface area contributed by atoms with Crippen molar-refractivity contribution in [1.82, 2.24) is 10.4 Å². The Labute approximate surface area is 97.2 Å². The Morgan fingerprint density at radius 2 is 2.31 bits per heavy atom. The molecule has 3 N–H and O–H groups in total. The minimum Gasteiger partial charge on any atom is -0.374 e. The minimum atomic E-state index is -0.292. The van der Waals surface area contributed by atoms with Crippen LogP contribution in [-0.4, -0.2) is 23.2 Å². The van der Waals surface area contributed by atoms with Gasteiger partial charge in [0.25, 0.3) is 0 Å². The molecule has 1 aromatic heterocycles. The third-order valence-corrected chi connectivity index (χ3v) is 2.72. The first-order valence-electron chi connectivity index (χ1n) is 5.59. The van der Waals surface area contributed by atoms with Crippen molar-refractivity contribution in [1.29, 1.82) is 0 Å². The molecule has 90 valence electrons. The number of rotatable bonds is 6. The predicted octanol–water partition coefficient (Wildman–Crippen LogP) is 1.27. The summed E-state index contributed by atoms with van der Waals surface area (Å²) >= 11 is 0. The first-order chi connectivity index (χ1) is 7.60. The van der Waals surface area contributed by atoms with E-state index in [0.717, 1.165) is 12.0 Å². The molecule has 1 aromatic rings. The van der Waals surface area contributed by atoms with Crippen LogP contribution < -0.4 is 11.3 Å². The van der Waals surface area contributed by atoms with Crippen LogP contribution >= 0.6 is 0 Å². The van der Waals surface area contributed by atoms with Crippen LogP contribution in [0.2, 0.25) is 0 Å². The largest absolute Gasteiger partial charge is 0.374 e. The van der Waals surface area contributed by atoms with E-state index in [1.165, 1.54) is 0 Å². The molecule has 1 unspecified atom stereocenters. The van der Waals surface area contributed by atoms with Gasteiger partial charge in [-0.25, -0.2) is 0 Å². The van der Waals surface area contributed by atoms with Crippen LogP contribution in [-0.2, 0) is 11.2 Å². The third kappa shape index (κ3) is 3.56. The number of pyridine rings is 1. The maximum absolute atomic E-state index is 5.69. The fraction of sp³-hybridized carbons (Fsp3) is 0.583. The van der Waals surface area contributed by atoms with Crippen LogP contribution in [0.25, 0.3) is 0 Å². The molecule has 0 saturated heterocycles. The van der Waals surface area contributed by atoms with Gasteiger partial charge < -0.3 is 4.74 Å². The number of nitrogens with one attached hydrogen (secondary N) is 1. The molecule has 0 aliphatic heterocycles. The Morgan fingerprint density at radius 3 is 2.81 bits per heavy atom. The number of hydrogen-bond acceptors (Lipinski definition) is 4. The van der Waals surface area contributed by atoms with Gasteiger partial charge in [-0.1, -0.05) is 6.07 Å². The first-order valence-corrected chi connectivity index (χ1v) is 5.59. The molecule has 0 saturated carbocycles. The van der Waals surface area contributed by atoms with Gasteiger partial charge >= 0.3 is 0 Å².